The van der Waals surface area contributed by atoms with Gasteiger partial charge in [0.25, 0.3) is 0 Å². The van der Waals surface area contributed by atoms with Crippen molar-refractivity contribution in [3.8, 4) is 5.75 Å². The molecule has 0 saturated heterocycles. The van der Waals surface area contributed by atoms with Crippen LogP contribution in [-0.4, -0.2) is 12.4 Å². The Morgan fingerprint density at radius 1 is 1.43 bits per heavy atom. The molecule has 1 aromatic rings. The predicted octanol–water partition coefficient (Wildman–Crippen LogP) is 2.44. The highest BCUT2D eigenvalue weighted by Crippen LogP contribution is 2.26. The zero-order chi connectivity index (χ0) is 9.97. The molecular weight excluding hydrogens is 176 g/mol. The highest BCUT2D eigenvalue weighted by Gasteiger charge is 2.14. The van der Waals surface area contributed by atoms with Crippen LogP contribution in [0.1, 0.15) is 18.9 Å². The van der Waals surface area contributed by atoms with Gasteiger partial charge in [0.15, 0.2) is 5.78 Å². The highest BCUT2D eigenvalue weighted by atomic mass is 16.5. The molecule has 0 spiro atoms. The molecule has 1 aliphatic rings. The maximum absolute atomic E-state index is 11.4. The van der Waals surface area contributed by atoms with Gasteiger partial charge in [0.2, 0.25) is 0 Å². The van der Waals surface area contributed by atoms with Crippen LogP contribution in [0.3, 0.4) is 0 Å². The summed E-state index contributed by atoms with van der Waals surface area (Å²) < 4.78 is 5.47. The van der Waals surface area contributed by atoms with Crippen LogP contribution in [0.15, 0.2) is 29.8 Å². The van der Waals surface area contributed by atoms with Crippen molar-refractivity contribution in [1.82, 2.24) is 0 Å². The topological polar surface area (TPSA) is 26.3 Å². The summed E-state index contributed by atoms with van der Waals surface area (Å²) in [6.45, 7) is 2.27. The molecule has 1 heterocycles. The zero-order valence-corrected chi connectivity index (χ0v) is 8.12. The van der Waals surface area contributed by atoms with Crippen LogP contribution in [0, 0.1) is 0 Å². The van der Waals surface area contributed by atoms with Crippen LogP contribution < -0.4 is 4.74 Å². The van der Waals surface area contributed by atoms with E-state index in [1.54, 1.807) is 0 Å². The number of Topliss-reactive ketones (excluding diaryl/α,β-unsaturated/α-hetero) is 1. The molecule has 72 valence electrons. The predicted molar refractivity (Wildman–Crippen MR) is 55.2 cm³/mol. The van der Waals surface area contributed by atoms with Crippen molar-refractivity contribution < 1.29 is 9.53 Å². The summed E-state index contributed by atoms with van der Waals surface area (Å²) in [6, 6.07) is 7.74. The quantitative estimate of drug-likeness (QED) is 0.712. The molecule has 0 bridgehead atoms. The second-order valence-electron chi connectivity index (χ2n) is 3.27. The minimum Gasteiger partial charge on any atom is -0.488 e. The summed E-state index contributed by atoms with van der Waals surface area (Å²) in [6.07, 6.45) is 2.46. The van der Waals surface area contributed by atoms with Gasteiger partial charge in [0.05, 0.1) is 0 Å². The maximum Gasteiger partial charge on any atom is 0.162 e. The average molecular weight is 188 g/mol. The normalized spacial score (nSPS) is 13.9. The van der Waals surface area contributed by atoms with Gasteiger partial charge in [-0.1, -0.05) is 25.1 Å². The van der Waals surface area contributed by atoms with E-state index in [0.29, 0.717) is 13.0 Å². The summed E-state index contributed by atoms with van der Waals surface area (Å²) in [4.78, 5) is 11.4. The lowest BCUT2D eigenvalue weighted by Crippen LogP contribution is -2.13. The van der Waals surface area contributed by atoms with E-state index in [2.05, 4.69) is 0 Å². The average Bonchev–Trinajstić information content (AvgIpc) is 2.27. The second-order valence-corrected chi connectivity index (χ2v) is 3.27. The Morgan fingerprint density at radius 3 is 3.00 bits per heavy atom. The van der Waals surface area contributed by atoms with Gasteiger partial charge in [-0.25, -0.2) is 0 Å². The number of carbonyl (C=O) groups excluding carboxylic acids is 1. The highest BCUT2D eigenvalue weighted by molar-refractivity contribution is 6.00. The van der Waals surface area contributed by atoms with Gasteiger partial charge in [-0.3, -0.25) is 4.79 Å². The van der Waals surface area contributed by atoms with Crippen LogP contribution in [0.2, 0.25) is 0 Å². The third kappa shape index (κ3) is 1.55. The van der Waals surface area contributed by atoms with Gasteiger partial charge in [-0.2, -0.15) is 0 Å². The SMILES string of the molecule is CCC(=O)C1=Cc2ccccc2OC1. The lowest BCUT2D eigenvalue weighted by atomic mass is 10.0. The second kappa shape index (κ2) is 3.66. The summed E-state index contributed by atoms with van der Waals surface area (Å²) in [5.74, 6) is 1.03. The van der Waals surface area contributed by atoms with Crippen molar-refractivity contribution in [3.05, 3.63) is 35.4 Å². The molecule has 0 fully saturated rings. The Hall–Kier alpha value is -1.57. The largest absolute Gasteiger partial charge is 0.488 e. The first kappa shape index (κ1) is 9.00. The Balaban J connectivity index is 2.36. The summed E-state index contributed by atoms with van der Waals surface area (Å²) >= 11 is 0. The molecule has 2 nitrogen and oxygen atoms in total. The van der Waals surface area contributed by atoms with Crippen molar-refractivity contribution in [1.29, 1.82) is 0 Å². The standard InChI is InChI=1S/C12H12O2/c1-2-11(13)10-7-9-5-3-4-6-12(9)14-8-10/h3-7H,2,8H2,1H3. The smallest absolute Gasteiger partial charge is 0.162 e. The number of benzene rings is 1. The van der Waals surface area contributed by atoms with Crippen LogP contribution >= 0.6 is 0 Å². The number of ketones is 1. The lowest BCUT2D eigenvalue weighted by molar-refractivity contribution is -0.115. The van der Waals surface area contributed by atoms with Gasteiger partial charge < -0.3 is 4.74 Å². The summed E-state index contributed by atoms with van der Waals surface area (Å²) in [7, 11) is 0. The lowest BCUT2D eigenvalue weighted by Gasteiger charge is -2.16. The molecule has 1 aromatic carbocycles. The molecule has 1 aliphatic heterocycles. The molecule has 0 N–H and O–H groups in total. The van der Waals surface area contributed by atoms with Crippen molar-refractivity contribution in [2.75, 3.05) is 6.61 Å². The van der Waals surface area contributed by atoms with Gasteiger partial charge in [0.1, 0.15) is 12.4 Å². The minimum absolute atomic E-state index is 0.166. The number of para-hydroxylation sites is 1. The molecule has 2 heteroatoms. The Bertz CT molecular complexity index is 391. The van der Waals surface area contributed by atoms with E-state index in [9.17, 15) is 4.79 Å². The summed E-state index contributed by atoms with van der Waals surface area (Å²) in [5.41, 5.74) is 1.77. The maximum atomic E-state index is 11.4. The molecule has 0 unspecified atom stereocenters. The monoisotopic (exact) mass is 188 g/mol. The molecule has 0 aliphatic carbocycles. The fourth-order valence-corrected chi connectivity index (χ4v) is 1.50. The fourth-order valence-electron chi connectivity index (χ4n) is 1.50. The van der Waals surface area contributed by atoms with E-state index in [-0.39, 0.29) is 5.78 Å². The Labute approximate surface area is 83.2 Å². The van der Waals surface area contributed by atoms with Gasteiger partial charge in [-0.05, 0) is 12.1 Å². The fraction of sp³-hybridized carbons (Fsp3) is 0.250. The van der Waals surface area contributed by atoms with Crippen LogP contribution in [-0.2, 0) is 4.79 Å². The number of carbonyl (C=O) groups is 1. The van der Waals surface area contributed by atoms with Crippen molar-refractivity contribution in [3.63, 3.8) is 0 Å². The van der Waals surface area contributed by atoms with E-state index in [4.69, 9.17) is 4.74 Å². The number of fused-ring (bicyclic) bond motifs is 1. The summed E-state index contributed by atoms with van der Waals surface area (Å²) in [5, 5.41) is 0. The van der Waals surface area contributed by atoms with Crippen LogP contribution in [0.4, 0.5) is 0 Å². The van der Waals surface area contributed by atoms with Crippen LogP contribution in [0.5, 0.6) is 5.75 Å². The third-order valence-corrected chi connectivity index (χ3v) is 2.31. The van der Waals surface area contributed by atoms with Crippen molar-refractivity contribution in [2.24, 2.45) is 0 Å². The zero-order valence-electron chi connectivity index (χ0n) is 8.12. The molecule has 0 atom stereocenters. The van der Waals surface area contributed by atoms with E-state index in [1.165, 1.54) is 0 Å². The van der Waals surface area contributed by atoms with E-state index in [0.717, 1.165) is 16.9 Å². The van der Waals surface area contributed by atoms with Crippen molar-refractivity contribution in [2.45, 2.75) is 13.3 Å². The third-order valence-electron chi connectivity index (χ3n) is 2.31. The molecule has 0 amide bonds. The number of rotatable bonds is 2. The first-order chi connectivity index (χ1) is 6.81. The molecule has 2 rings (SSSR count). The van der Waals surface area contributed by atoms with Gasteiger partial charge in [0, 0.05) is 17.6 Å². The first-order valence-electron chi connectivity index (χ1n) is 4.77. The van der Waals surface area contributed by atoms with E-state index >= 15 is 0 Å². The van der Waals surface area contributed by atoms with E-state index < -0.39 is 0 Å². The number of ether oxygens (including phenoxy) is 1. The molecule has 14 heavy (non-hydrogen) atoms. The Morgan fingerprint density at radius 2 is 2.21 bits per heavy atom. The minimum atomic E-state index is 0.166. The van der Waals surface area contributed by atoms with Crippen molar-refractivity contribution >= 4 is 11.9 Å². The molecular formula is C12H12O2. The van der Waals surface area contributed by atoms with E-state index in [1.807, 2.05) is 37.3 Å². The molecule has 0 radical (unpaired) electrons. The van der Waals surface area contributed by atoms with Crippen LogP contribution in [0.25, 0.3) is 6.08 Å². The van der Waals surface area contributed by atoms with Gasteiger partial charge >= 0.3 is 0 Å². The molecule has 0 saturated carbocycles. The number of hydrogen-bond acceptors (Lipinski definition) is 2. The Kier molecular flexibility index (Phi) is 2.35. The number of hydrogen-bond donors (Lipinski definition) is 0. The molecule has 0 aromatic heterocycles. The van der Waals surface area contributed by atoms with Gasteiger partial charge in [-0.15, -0.1) is 0 Å². The first-order valence-corrected chi connectivity index (χ1v) is 4.77.